The minimum absolute atomic E-state index is 0.0759. The average Bonchev–Trinajstić information content (AvgIpc) is 3.50. The number of aryl methyl sites for hydroxylation is 1. The molecule has 0 bridgehead atoms. The molecule has 3 aromatic heterocycles. The number of halogens is 3. The van der Waals surface area contributed by atoms with Crippen LogP contribution in [0.4, 0.5) is 18.2 Å². The van der Waals surface area contributed by atoms with Crippen LogP contribution in [-0.4, -0.2) is 61.2 Å². The topological polar surface area (TPSA) is 82.9 Å². The molecule has 1 aromatic carbocycles. The number of aromatic amines is 1. The first-order valence-electron chi connectivity index (χ1n) is 10.8. The van der Waals surface area contributed by atoms with E-state index in [0.717, 1.165) is 11.2 Å². The Hall–Kier alpha value is -3.41. The van der Waals surface area contributed by atoms with E-state index in [1.54, 1.807) is 21.8 Å². The highest BCUT2D eigenvalue weighted by atomic mass is 32.1. The first kappa shape index (κ1) is 22.4. The lowest BCUT2D eigenvalue weighted by atomic mass is 10.2. The Morgan fingerprint density at radius 1 is 1.21 bits per heavy atom. The van der Waals surface area contributed by atoms with Crippen LogP contribution in [-0.2, 0) is 17.5 Å². The third kappa shape index (κ3) is 4.25. The number of imidazole rings is 1. The van der Waals surface area contributed by atoms with Gasteiger partial charge < -0.3 is 14.8 Å². The molecular weight excluding hydrogens is 467 g/mol. The number of fused-ring (bicyclic) bond motifs is 1. The van der Waals surface area contributed by atoms with Crippen LogP contribution in [0.1, 0.15) is 17.6 Å². The number of thiazole rings is 1. The molecule has 8 nitrogen and oxygen atoms in total. The Morgan fingerprint density at radius 3 is 2.68 bits per heavy atom. The third-order valence-electron chi connectivity index (χ3n) is 5.77. The van der Waals surface area contributed by atoms with Crippen LogP contribution in [0.3, 0.4) is 0 Å². The number of hydrogen-bond acceptors (Lipinski definition) is 6. The summed E-state index contributed by atoms with van der Waals surface area (Å²) in [5.74, 6) is 0.219. The summed E-state index contributed by atoms with van der Waals surface area (Å²) in [6.45, 7) is 5.04. The van der Waals surface area contributed by atoms with Gasteiger partial charge in [-0.15, -0.1) is 0 Å². The molecule has 0 aliphatic carbocycles. The fourth-order valence-electron chi connectivity index (χ4n) is 4.16. The Bertz CT molecular complexity index is 1310. The van der Waals surface area contributed by atoms with Crippen LogP contribution in [0.2, 0.25) is 0 Å². The molecule has 5 rings (SSSR count). The van der Waals surface area contributed by atoms with Crippen molar-refractivity contribution in [2.24, 2.45) is 0 Å². The maximum atomic E-state index is 13.6. The number of carbonyl (C=O) groups excluding carboxylic acids is 1. The summed E-state index contributed by atoms with van der Waals surface area (Å²) in [5, 5.41) is 3.74. The van der Waals surface area contributed by atoms with Crippen LogP contribution in [0.25, 0.3) is 22.6 Å². The van der Waals surface area contributed by atoms with Gasteiger partial charge in [-0.05, 0) is 32.0 Å². The SMILES string of the molecule is Cc1ccn(CC(=O)N2CCN(c3sc(C(F)(F)F)nc3-c3nc4ccccc4[nH]3)C[C@H]2C)n1. The molecule has 0 radical (unpaired) electrons. The van der Waals surface area contributed by atoms with Gasteiger partial charge in [0.1, 0.15) is 17.2 Å². The van der Waals surface area contributed by atoms with Crippen LogP contribution >= 0.6 is 11.3 Å². The highest BCUT2D eigenvalue weighted by Crippen LogP contribution is 2.42. The van der Waals surface area contributed by atoms with E-state index in [9.17, 15) is 18.0 Å². The number of piperazine rings is 1. The van der Waals surface area contributed by atoms with Crippen LogP contribution in [0.15, 0.2) is 36.5 Å². The lowest BCUT2D eigenvalue weighted by molar-refractivity contribution is -0.137. The predicted molar refractivity (Wildman–Crippen MR) is 123 cm³/mol. The van der Waals surface area contributed by atoms with Gasteiger partial charge in [-0.1, -0.05) is 23.5 Å². The fraction of sp³-hybridized carbons (Fsp3) is 0.364. The maximum Gasteiger partial charge on any atom is 0.443 e. The van der Waals surface area contributed by atoms with E-state index in [1.165, 1.54) is 0 Å². The predicted octanol–water partition coefficient (Wildman–Crippen LogP) is 3.95. The van der Waals surface area contributed by atoms with Crippen molar-refractivity contribution >= 4 is 33.3 Å². The molecule has 1 amide bonds. The van der Waals surface area contributed by atoms with E-state index < -0.39 is 11.2 Å². The zero-order valence-corrected chi connectivity index (χ0v) is 19.3. The summed E-state index contributed by atoms with van der Waals surface area (Å²) < 4.78 is 42.3. The van der Waals surface area contributed by atoms with Crippen molar-refractivity contribution in [3.63, 3.8) is 0 Å². The zero-order chi connectivity index (χ0) is 24.0. The van der Waals surface area contributed by atoms with Gasteiger partial charge in [0, 0.05) is 31.9 Å². The van der Waals surface area contributed by atoms with E-state index in [4.69, 9.17) is 0 Å². The first-order valence-corrected chi connectivity index (χ1v) is 11.6. The number of carbonyl (C=O) groups is 1. The number of anilines is 1. The number of amides is 1. The van der Waals surface area contributed by atoms with Gasteiger partial charge in [-0.2, -0.15) is 18.3 Å². The van der Waals surface area contributed by atoms with Crippen LogP contribution in [0.5, 0.6) is 0 Å². The quantitative estimate of drug-likeness (QED) is 0.470. The van der Waals surface area contributed by atoms with Gasteiger partial charge in [-0.25, -0.2) is 9.97 Å². The molecular formula is C22H22F3N7OS. The number of aromatic nitrogens is 5. The summed E-state index contributed by atoms with van der Waals surface area (Å²) in [6.07, 6.45) is -2.81. The van der Waals surface area contributed by atoms with Gasteiger partial charge in [0.2, 0.25) is 10.9 Å². The van der Waals surface area contributed by atoms with Crippen molar-refractivity contribution in [1.29, 1.82) is 0 Å². The molecule has 1 atom stereocenters. The molecule has 0 saturated carbocycles. The molecule has 1 saturated heterocycles. The summed E-state index contributed by atoms with van der Waals surface area (Å²) >= 11 is 0.607. The minimum atomic E-state index is -4.56. The molecule has 4 heterocycles. The molecule has 1 aliphatic rings. The fourth-order valence-corrected chi connectivity index (χ4v) is 5.13. The number of nitrogens with zero attached hydrogens (tertiary/aromatic N) is 6. The molecule has 1 aliphatic heterocycles. The largest absolute Gasteiger partial charge is 0.443 e. The number of nitrogens with one attached hydrogen (secondary N) is 1. The normalized spacial score (nSPS) is 17.0. The molecule has 1 fully saturated rings. The molecule has 1 N–H and O–H groups in total. The van der Waals surface area contributed by atoms with E-state index in [-0.39, 0.29) is 24.2 Å². The second kappa shape index (κ2) is 8.42. The summed E-state index contributed by atoms with van der Waals surface area (Å²) in [4.78, 5) is 27.9. The van der Waals surface area contributed by atoms with Crippen molar-refractivity contribution in [3.8, 4) is 11.5 Å². The third-order valence-corrected chi connectivity index (χ3v) is 6.93. The Morgan fingerprint density at radius 2 is 2.00 bits per heavy atom. The van der Waals surface area contributed by atoms with Crippen molar-refractivity contribution in [1.82, 2.24) is 29.6 Å². The average molecular weight is 490 g/mol. The summed E-state index contributed by atoms with van der Waals surface area (Å²) in [7, 11) is 0. The highest BCUT2D eigenvalue weighted by Gasteiger charge is 2.39. The number of alkyl halides is 3. The molecule has 0 spiro atoms. The second-order valence-corrected chi connectivity index (χ2v) is 9.29. The highest BCUT2D eigenvalue weighted by molar-refractivity contribution is 7.16. The molecule has 0 unspecified atom stereocenters. The van der Waals surface area contributed by atoms with Gasteiger partial charge in [0.25, 0.3) is 0 Å². The van der Waals surface area contributed by atoms with Crippen molar-refractivity contribution in [3.05, 3.63) is 47.2 Å². The van der Waals surface area contributed by atoms with Crippen LogP contribution in [0, 0.1) is 6.92 Å². The van der Waals surface area contributed by atoms with Gasteiger partial charge in [0.05, 0.1) is 16.7 Å². The van der Waals surface area contributed by atoms with Gasteiger partial charge in [0.15, 0.2) is 5.82 Å². The number of rotatable bonds is 4. The van der Waals surface area contributed by atoms with Crippen molar-refractivity contribution in [2.75, 3.05) is 24.5 Å². The second-order valence-electron chi connectivity index (χ2n) is 8.31. The first-order chi connectivity index (χ1) is 16.2. The summed E-state index contributed by atoms with van der Waals surface area (Å²) in [6, 6.07) is 8.89. The maximum absolute atomic E-state index is 13.6. The molecule has 12 heteroatoms. The van der Waals surface area contributed by atoms with E-state index in [2.05, 4.69) is 20.1 Å². The zero-order valence-electron chi connectivity index (χ0n) is 18.5. The molecule has 4 aromatic rings. The number of para-hydroxylation sites is 2. The molecule has 178 valence electrons. The lowest BCUT2D eigenvalue weighted by Crippen LogP contribution is -2.54. The number of benzene rings is 1. The molecule has 34 heavy (non-hydrogen) atoms. The minimum Gasteiger partial charge on any atom is -0.358 e. The van der Waals surface area contributed by atoms with Gasteiger partial charge in [-0.3, -0.25) is 9.48 Å². The Labute approximate surface area is 197 Å². The number of H-pyrrole nitrogens is 1. The lowest BCUT2D eigenvalue weighted by Gasteiger charge is -2.40. The monoisotopic (exact) mass is 489 g/mol. The van der Waals surface area contributed by atoms with Gasteiger partial charge >= 0.3 is 6.18 Å². The summed E-state index contributed by atoms with van der Waals surface area (Å²) in [5.41, 5.74) is 2.38. The van der Waals surface area contributed by atoms with Crippen molar-refractivity contribution in [2.45, 2.75) is 32.6 Å². The number of hydrogen-bond donors (Lipinski definition) is 1. The van der Waals surface area contributed by atoms with Crippen molar-refractivity contribution < 1.29 is 18.0 Å². The van der Waals surface area contributed by atoms with E-state index in [0.29, 0.717) is 47.3 Å². The standard InChI is InChI=1S/C22H22F3N7OS/c1-13-7-8-31(29-13)12-17(33)32-10-9-30(11-14(32)2)20-18(28-21(34-20)22(23,24)25)19-26-15-5-3-4-6-16(15)27-19/h3-8,14H,9-12H2,1-2H3,(H,26,27)/t14-/m1/s1. The van der Waals surface area contributed by atoms with E-state index >= 15 is 0 Å². The smallest absolute Gasteiger partial charge is 0.358 e. The van der Waals surface area contributed by atoms with E-state index in [1.807, 2.05) is 43.0 Å². The Balaban J connectivity index is 1.41. The van der Waals surface area contributed by atoms with Crippen LogP contribution < -0.4 is 4.90 Å². The Kier molecular flexibility index (Phi) is 5.54.